The molecule has 198 valence electrons. The maximum atomic E-state index is 7.04. The van der Waals surface area contributed by atoms with Crippen molar-refractivity contribution >= 4 is 44.8 Å². The van der Waals surface area contributed by atoms with E-state index in [-0.39, 0.29) is 0 Å². The van der Waals surface area contributed by atoms with E-state index in [0.29, 0.717) is 26.4 Å². The second-order valence-electron chi connectivity index (χ2n) is 8.40. The zero-order valence-corrected chi connectivity index (χ0v) is 25.2. The van der Waals surface area contributed by atoms with Gasteiger partial charge in [0.05, 0.1) is 0 Å². The normalized spacial score (nSPS) is 22.3. The third kappa shape index (κ3) is 13.1. The molecule has 1 aliphatic rings. The minimum absolute atomic E-state index is 0.566. The quantitative estimate of drug-likeness (QED) is 0.102. The van der Waals surface area contributed by atoms with Gasteiger partial charge in [0, 0.05) is 0 Å². The van der Waals surface area contributed by atoms with Gasteiger partial charge in [0.25, 0.3) is 0 Å². The van der Waals surface area contributed by atoms with Crippen LogP contribution in [0.5, 0.6) is 0 Å². The third-order valence-corrected chi connectivity index (χ3v) is 19.4. The van der Waals surface area contributed by atoms with Gasteiger partial charge >= 0.3 is 209 Å². The standard InChI is InChI=1S/C20H50Cl2N3O4P3/c1-5-9-13-17-26-30(21)23-31(22,27-18-14-10-6-2)25-32(24-30,28-19-15-11-7-3)29-20-16-12-8-4/h23-25,30-32H,5-20H2,1-4H3. The summed E-state index contributed by atoms with van der Waals surface area (Å²) in [6, 6.07) is 0. The second-order valence-corrected chi connectivity index (χ2v) is 19.4. The number of unbranched alkanes of at least 4 members (excludes halogenated alkanes) is 8. The van der Waals surface area contributed by atoms with E-state index < -0.39 is 22.3 Å². The van der Waals surface area contributed by atoms with Crippen molar-refractivity contribution in [2.45, 2.75) is 105 Å². The summed E-state index contributed by atoms with van der Waals surface area (Å²) >= 11 is 14.1. The van der Waals surface area contributed by atoms with Crippen molar-refractivity contribution in [2.75, 3.05) is 26.4 Å². The summed E-state index contributed by atoms with van der Waals surface area (Å²) in [7, 11) is -9.42. The predicted molar refractivity (Wildman–Crippen MR) is 148 cm³/mol. The Labute approximate surface area is 208 Å². The van der Waals surface area contributed by atoms with Gasteiger partial charge in [-0.2, -0.15) is 0 Å². The maximum absolute atomic E-state index is 7.04. The van der Waals surface area contributed by atoms with Crippen molar-refractivity contribution < 1.29 is 18.1 Å². The average Bonchev–Trinajstić information content (AvgIpc) is 2.75. The van der Waals surface area contributed by atoms with Crippen LogP contribution in [0.2, 0.25) is 0 Å². The molecule has 1 saturated heterocycles. The number of rotatable bonds is 20. The van der Waals surface area contributed by atoms with Gasteiger partial charge in [-0.3, -0.25) is 0 Å². The molecule has 0 bridgehead atoms. The van der Waals surface area contributed by atoms with Crippen molar-refractivity contribution in [1.29, 1.82) is 0 Å². The van der Waals surface area contributed by atoms with Crippen LogP contribution in [0.1, 0.15) is 105 Å². The summed E-state index contributed by atoms with van der Waals surface area (Å²) in [5.41, 5.74) is 0. The van der Waals surface area contributed by atoms with E-state index in [1.54, 1.807) is 0 Å². The van der Waals surface area contributed by atoms with Crippen molar-refractivity contribution in [1.82, 2.24) is 14.6 Å². The number of nitrogens with one attached hydrogen (secondary N) is 3. The number of hydrogen-bond acceptors (Lipinski definition) is 7. The first-order chi connectivity index (χ1) is 15.4. The molecule has 0 spiro atoms. The summed E-state index contributed by atoms with van der Waals surface area (Å²) in [6.07, 6.45) is 12.7. The monoisotopic (exact) mass is 559 g/mol. The molecular formula is C20H50Cl2N3O4P3. The molecule has 12 heteroatoms. The minimum atomic E-state index is -3.14. The average molecular weight is 560 g/mol. The third-order valence-electron chi connectivity index (χ3n) is 5.18. The summed E-state index contributed by atoms with van der Waals surface area (Å²) in [5.74, 6) is 0. The SMILES string of the molecule is CCCCCO[PH]1(Cl)N[PH](Cl)(OCCCCC)N[PH](OCCCCC)(OCCCCC)N1. The molecule has 0 saturated carbocycles. The summed E-state index contributed by atoms with van der Waals surface area (Å²) in [4.78, 5) is 10.2. The Kier molecular flexibility index (Phi) is 17.7. The molecule has 1 aliphatic heterocycles. The molecule has 0 radical (unpaired) electrons. The van der Waals surface area contributed by atoms with Gasteiger partial charge in [0.15, 0.2) is 0 Å². The van der Waals surface area contributed by atoms with E-state index in [0.717, 1.165) is 77.0 Å². The van der Waals surface area contributed by atoms with Crippen LogP contribution in [-0.2, 0) is 18.1 Å². The first-order valence-electron chi connectivity index (χ1n) is 12.7. The van der Waals surface area contributed by atoms with Gasteiger partial charge in [-0.15, -0.1) is 0 Å². The van der Waals surface area contributed by atoms with Crippen LogP contribution in [0.25, 0.3) is 0 Å². The zero-order chi connectivity index (χ0) is 23.8. The molecule has 0 amide bonds. The number of hydrogen-bond donors (Lipinski definition) is 3. The zero-order valence-electron chi connectivity index (χ0n) is 20.7. The molecule has 0 aromatic rings. The molecule has 3 N–H and O–H groups in total. The van der Waals surface area contributed by atoms with Crippen molar-refractivity contribution in [3.8, 4) is 0 Å². The van der Waals surface area contributed by atoms with Gasteiger partial charge in [0.1, 0.15) is 0 Å². The van der Waals surface area contributed by atoms with E-state index in [4.69, 9.17) is 40.6 Å². The summed E-state index contributed by atoms with van der Waals surface area (Å²) in [6.45, 7) is 11.0. The first kappa shape index (κ1) is 31.6. The Morgan fingerprint density at radius 1 is 0.469 bits per heavy atom. The van der Waals surface area contributed by atoms with E-state index in [9.17, 15) is 0 Å². The molecule has 1 fully saturated rings. The molecule has 32 heavy (non-hydrogen) atoms. The van der Waals surface area contributed by atoms with E-state index in [1.807, 2.05) is 0 Å². The van der Waals surface area contributed by atoms with E-state index >= 15 is 0 Å². The van der Waals surface area contributed by atoms with Gasteiger partial charge in [0.2, 0.25) is 0 Å². The van der Waals surface area contributed by atoms with Gasteiger partial charge in [-0.1, -0.05) is 0 Å². The van der Waals surface area contributed by atoms with Crippen LogP contribution in [0.3, 0.4) is 0 Å². The van der Waals surface area contributed by atoms with Crippen molar-refractivity contribution in [3.05, 3.63) is 0 Å². The van der Waals surface area contributed by atoms with Crippen LogP contribution in [0.15, 0.2) is 0 Å². The summed E-state index contributed by atoms with van der Waals surface area (Å²) in [5, 5.41) is 0. The van der Waals surface area contributed by atoms with Crippen LogP contribution < -0.4 is 14.6 Å². The van der Waals surface area contributed by atoms with Crippen LogP contribution in [0, 0.1) is 0 Å². The second kappa shape index (κ2) is 17.9. The fraction of sp³-hybridized carbons (Fsp3) is 1.00. The van der Waals surface area contributed by atoms with Crippen molar-refractivity contribution in [3.63, 3.8) is 0 Å². The molecule has 1 heterocycles. The predicted octanol–water partition coefficient (Wildman–Crippen LogP) is 8.30. The van der Waals surface area contributed by atoms with Crippen LogP contribution >= 0.6 is 44.8 Å². The van der Waals surface area contributed by atoms with Crippen LogP contribution in [0.4, 0.5) is 0 Å². The Hall–Kier alpha value is 1.59. The van der Waals surface area contributed by atoms with E-state index in [2.05, 4.69) is 42.3 Å². The molecule has 7 nitrogen and oxygen atoms in total. The Morgan fingerprint density at radius 2 is 0.781 bits per heavy atom. The van der Waals surface area contributed by atoms with Gasteiger partial charge in [-0.05, 0) is 0 Å². The Morgan fingerprint density at radius 3 is 1.09 bits per heavy atom. The molecule has 0 aromatic heterocycles. The number of halogens is 2. The Balaban J connectivity index is 2.99. The molecule has 0 aromatic carbocycles. The molecule has 0 unspecified atom stereocenters. The fourth-order valence-corrected chi connectivity index (χ4v) is 20.4. The van der Waals surface area contributed by atoms with Gasteiger partial charge < -0.3 is 0 Å². The van der Waals surface area contributed by atoms with Crippen LogP contribution in [-0.4, -0.2) is 26.4 Å². The topological polar surface area (TPSA) is 73.0 Å². The molecule has 0 aliphatic carbocycles. The fourth-order valence-electron chi connectivity index (χ4n) is 3.32. The Bertz CT molecular complexity index is 451. The molecule has 1 rings (SSSR count). The first-order valence-corrected chi connectivity index (χ1v) is 20.3. The van der Waals surface area contributed by atoms with Gasteiger partial charge in [-0.25, -0.2) is 0 Å². The molecular weight excluding hydrogens is 510 g/mol. The van der Waals surface area contributed by atoms with E-state index in [1.165, 1.54) is 0 Å². The summed E-state index contributed by atoms with van der Waals surface area (Å²) < 4.78 is 25.2. The molecule has 0 atom stereocenters. The van der Waals surface area contributed by atoms with Crippen molar-refractivity contribution in [2.24, 2.45) is 0 Å².